The van der Waals surface area contributed by atoms with Crippen molar-refractivity contribution in [2.75, 3.05) is 19.0 Å². The third-order valence-corrected chi connectivity index (χ3v) is 4.99. The number of amidine groups is 1. The smallest absolute Gasteiger partial charge is 0.154 e. The minimum absolute atomic E-state index is 0.0690. The zero-order valence-corrected chi connectivity index (χ0v) is 11.8. The average molecular weight is 296 g/mol. The zero-order chi connectivity index (χ0) is 14.2. The number of fused-ring (bicyclic) bond motifs is 1. The van der Waals surface area contributed by atoms with E-state index in [0.717, 1.165) is 5.75 Å². The van der Waals surface area contributed by atoms with E-state index in [9.17, 15) is 9.50 Å². The Morgan fingerprint density at radius 1 is 1.50 bits per heavy atom. The van der Waals surface area contributed by atoms with Gasteiger partial charge in [0.15, 0.2) is 5.17 Å². The summed E-state index contributed by atoms with van der Waals surface area (Å²) in [5.74, 6) is 0.543. The molecule has 2 aliphatic heterocycles. The molecule has 0 saturated carbocycles. The number of nitrogens with zero attached hydrogens (tertiary/aromatic N) is 1. The molecule has 4 nitrogen and oxygen atoms in total. The number of aliphatic imine (C=N–C) groups is 1. The fourth-order valence-electron chi connectivity index (χ4n) is 3.02. The SMILES string of the molecule is NC1=N[C@@]2(c3ccccc3F)C[C@H](CO)OC[C@H]2CS1. The van der Waals surface area contributed by atoms with E-state index in [4.69, 9.17) is 10.5 Å². The Morgan fingerprint density at radius 3 is 3.05 bits per heavy atom. The lowest BCUT2D eigenvalue weighted by Gasteiger charge is -2.46. The topological polar surface area (TPSA) is 67.8 Å². The molecule has 6 heteroatoms. The lowest BCUT2D eigenvalue weighted by atomic mass is 9.73. The summed E-state index contributed by atoms with van der Waals surface area (Å²) in [6.07, 6.45) is 0.126. The Labute approximate surface area is 121 Å². The molecule has 1 fully saturated rings. The van der Waals surface area contributed by atoms with Crippen LogP contribution >= 0.6 is 11.8 Å². The first-order valence-corrected chi connectivity index (χ1v) is 7.60. The van der Waals surface area contributed by atoms with Crippen molar-refractivity contribution >= 4 is 16.9 Å². The Bertz CT molecular complexity index is 540. The minimum atomic E-state index is -0.716. The van der Waals surface area contributed by atoms with Crippen molar-refractivity contribution in [3.8, 4) is 0 Å². The van der Waals surface area contributed by atoms with Gasteiger partial charge in [0.25, 0.3) is 0 Å². The minimum Gasteiger partial charge on any atom is -0.394 e. The van der Waals surface area contributed by atoms with Crippen LogP contribution in [-0.4, -0.2) is 35.3 Å². The Kier molecular flexibility index (Phi) is 3.70. The van der Waals surface area contributed by atoms with Gasteiger partial charge < -0.3 is 15.6 Å². The number of hydrogen-bond acceptors (Lipinski definition) is 5. The maximum atomic E-state index is 14.3. The molecule has 3 rings (SSSR count). The predicted molar refractivity (Wildman–Crippen MR) is 77.1 cm³/mol. The molecule has 1 aromatic rings. The van der Waals surface area contributed by atoms with Crippen molar-refractivity contribution in [2.24, 2.45) is 16.6 Å². The largest absolute Gasteiger partial charge is 0.394 e. The van der Waals surface area contributed by atoms with Gasteiger partial charge in [-0.15, -0.1) is 0 Å². The molecule has 0 aliphatic carbocycles. The van der Waals surface area contributed by atoms with Crippen LogP contribution in [0.5, 0.6) is 0 Å². The highest BCUT2D eigenvalue weighted by molar-refractivity contribution is 8.13. The number of ether oxygens (including phenoxy) is 1. The highest BCUT2D eigenvalue weighted by Gasteiger charge is 2.49. The van der Waals surface area contributed by atoms with Gasteiger partial charge in [-0.2, -0.15) is 0 Å². The Hall–Kier alpha value is -1.11. The fraction of sp³-hybridized carbons (Fsp3) is 0.500. The summed E-state index contributed by atoms with van der Waals surface area (Å²) < 4.78 is 19.9. The van der Waals surface area contributed by atoms with Crippen molar-refractivity contribution in [3.63, 3.8) is 0 Å². The first kappa shape index (κ1) is 13.9. The van der Waals surface area contributed by atoms with E-state index in [1.54, 1.807) is 18.2 Å². The number of nitrogens with two attached hydrogens (primary N) is 1. The van der Waals surface area contributed by atoms with Crippen molar-refractivity contribution in [2.45, 2.75) is 18.1 Å². The van der Waals surface area contributed by atoms with E-state index in [-0.39, 0.29) is 24.4 Å². The Morgan fingerprint density at radius 2 is 2.30 bits per heavy atom. The summed E-state index contributed by atoms with van der Waals surface area (Å²) in [5.41, 5.74) is 5.72. The van der Waals surface area contributed by atoms with E-state index in [2.05, 4.69) is 4.99 Å². The number of thioether (sulfide) groups is 1. The predicted octanol–water partition coefficient (Wildman–Crippen LogP) is 1.48. The molecule has 3 N–H and O–H groups in total. The summed E-state index contributed by atoms with van der Waals surface area (Å²) >= 11 is 1.47. The van der Waals surface area contributed by atoms with E-state index < -0.39 is 5.54 Å². The first-order valence-electron chi connectivity index (χ1n) is 6.61. The zero-order valence-electron chi connectivity index (χ0n) is 11.0. The number of aliphatic hydroxyl groups is 1. The monoisotopic (exact) mass is 296 g/mol. The van der Waals surface area contributed by atoms with Gasteiger partial charge >= 0.3 is 0 Å². The molecule has 1 aromatic carbocycles. The standard InChI is InChI=1S/C14H17FN2O2S/c15-12-4-2-1-3-11(12)14-5-10(6-18)19-7-9(14)8-20-13(16)17-14/h1-4,9-10,18H,5-8H2,(H2,16,17)/t9-,10+,14-/m0/s1. The lowest BCUT2D eigenvalue weighted by Crippen LogP contribution is -2.50. The number of rotatable bonds is 2. The van der Waals surface area contributed by atoms with Gasteiger partial charge in [-0.3, -0.25) is 4.99 Å². The molecule has 0 amide bonds. The van der Waals surface area contributed by atoms with Crippen LogP contribution in [0.3, 0.4) is 0 Å². The van der Waals surface area contributed by atoms with Crippen molar-refractivity contribution in [3.05, 3.63) is 35.6 Å². The van der Waals surface area contributed by atoms with Crippen LogP contribution in [0.1, 0.15) is 12.0 Å². The van der Waals surface area contributed by atoms with Crippen LogP contribution < -0.4 is 5.73 Å². The molecular weight excluding hydrogens is 279 g/mol. The number of benzene rings is 1. The average Bonchev–Trinajstić information content (AvgIpc) is 2.46. The molecule has 1 saturated heterocycles. The fourth-order valence-corrected chi connectivity index (χ4v) is 3.99. The van der Waals surface area contributed by atoms with Crippen molar-refractivity contribution in [1.29, 1.82) is 0 Å². The van der Waals surface area contributed by atoms with Crippen LogP contribution in [0.2, 0.25) is 0 Å². The number of hydrogen-bond donors (Lipinski definition) is 2. The van der Waals surface area contributed by atoms with Crippen LogP contribution in [0.4, 0.5) is 4.39 Å². The highest BCUT2D eigenvalue weighted by Crippen LogP contribution is 2.47. The summed E-state index contributed by atoms with van der Waals surface area (Å²) in [7, 11) is 0. The molecule has 3 atom stereocenters. The normalized spacial score (nSPS) is 33.4. The molecule has 2 heterocycles. The lowest BCUT2D eigenvalue weighted by molar-refractivity contribution is -0.0744. The summed E-state index contributed by atoms with van der Waals surface area (Å²) in [6, 6.07) is 6.67. The summed E-state index contributed by atoms with van der Waals surface area (Å²) in [5, 5.41) is 9.85. The van der Waals surface area contributed by atoms with Crippen LogP contribution in [0.25, 0.3) is 0 Å². The maximum Gasteiger partial charge on any atom is 0.154 e. The van der Waals surface area contributed by atoms with Gasteiger partial charge in [-0.25, -0.2) is 4.39 Å². The molecule has 0 unspecified atom stereocenters. The first-order chi connectivity index (χ1) is 9.65. The second-order valence-corrected chi connectivity index (χ2v) is 6.24. The van der Waals surface area contributed by atoms with Crippen LogP contribution in [0, 0.1) is 11.7 Å². The van der Waals surface area contributed by atoms with Gasteiger partial charge in [0.05, 0.1) is 24.9 Å². The molecule has 0 aromatic heterocycles. The molecule has 20 heavy (non-hydrogen) atoms. The summed E-state index contributed by atoms with van der Waals surface area (Å²) in [6.45, 7) is 0.370. The van der Waals surface area contributed by atoms with E-state index >= 15 is 0 Å². The van der Waals surface area contributed by atoms with Gasteiger partial charge in [-0.05, 0) is 6.07 Å². The van der Waals surface area contributed by atoms with Gasteiger partial charge in [0.2, 0.25) is 0 Å². The van der Waals surface area contributed by atoms with E-state index in [1.165, 1.54) is 17.8 Å². The van der Waals surface area contributed by atoms with Crippen molar-refractivity contribution in [1.82, 2.24) is 0 Å². The quantitative estimate of drug-likeness (QED) is 0.867. The molecule has 0 radical (unpaired) electrons. The molecule has 0 spiro atoms. The van der Waals surface area contributed by atoms with Crippen LogP contribution in [0.15, 0.2) is 29.3 Å². The van der Waals surface area contributed by atoms with Gasteiger partial charge in [0.1, 0.15) is 5.82 Å². The molecule has 108 valence electrons. The third-order valence-electron chi connectivity index (χ3n) is 4.03. The second kappa shape index (κ2) is 5.35. The molecular formula is C14H17FN2O2S. The Balaban J connectivity index is 2.11. The van der Waals surface area contributed by atoms with Crippen LogP contribution in [-0.2, 0) is 10.3 Å². The van der Waals surface area contributed by atoms with Gasteiger partial charge in [-0.1, -0.05) is 30.0 Å². The second-order valence-electron chi connectivity index (χ2n) is 5.20. The molecule has 0 bridgehead atoms. The maximum absolute atomic E-state index is 14.3. The number of aliphatic hydroxyl groups excluding tert-OH is 1. The van der Waals surface area contributed by atoms with Crippen molar-refractivity contribution < 1.29 is 14.2 Å². The summed E-state index contributed by atoms with van der Waals surface area (Å²) in [4.78, 5) is 4.59. The van der Waals surface area contributed by atoms with E-state index in [1.807, 2.05) is 0 Å². The van der Waals surface area contributed by atoms with E-state index in [0.29, 0.717) is 23.8 Å². The third kappa shape index (κ3) is 2.21. The van der Waals surface area contributed by atoms with Gasteiger partial charge in [0, 0.05) is 23.7 Å². The molecule has 2 aliphatic rings. The highest BCUT2D eigenvalue weighted by atomic mass is 32.2. The number of halogens is 1.